The van der Waals surface area contributed by atoms with Gasteiger partial charge in [0.2, 0.25) is 0 Å². The van der Waals surface area contributed by atoms with Gasteiger partial charge in [-0.1, -0.05) is 11.6 Å². The van der Waals surface area contributed by atoms with Crippen molar-refractivity contribution in [3.05, 3.63) is 28.8 Å². The number of halogens is 1. The van der Waals surface area contributed by atoms with Crippen LogP contribution >= 0.6 is 11.6 Å². The third-order valence-electron chi connectivity index (χ3n) is 3.47. The maximum absolute atomic E-state index is 6.07. The third kappa shape index (κ3) is 3.16. The lowest BCUT2D eigenvalue weighted by molar-refractivity contribution is 0.243. The molecule has 0 bridgehead atoms. The Hall–Kier alpha value is -0.770. The fourth-order valence-corrected chi connectivity index (χ4v) is 2.75. The van der Waals surface area contributed by atoms with Gasteiger partial charge < -0.3 is 10.5 Å². The molecule has 18 heavy (non-hydrogen) atoms. The number of nitrogens with zero attached hydrogens (tertiary/aromatic N) is 1. The largest absolute Gasteiger partial charge is 0.494 e. The molecule has 100 valence electrons. The van der Waals surface area contributed by atoms with Crippen LogP contribution in [0.1, 0.15) is 25.3 Å². The summed E-state index contributed by atoms with van der Waals surface area (Å²) in [5.41, 5.74) is 6.96. The van der Waals surface area contributed by atoms with Crippen LogP contribution in [-0.4, -0.2) is 30.6 Å². The van der Waals surface area contributed by atoms with Crippen LogP contribution in [0.15, 0.2) is 18.2 Å². The van der Waals surface area contributed by atoms with Crippen molar-refractivity contribution in [1.29, 1.82) is 0 Å². The van der Waals surface area contributed by atoms with Gasteiger partial charge in [0.25, 0.3) is 0 Å². The summed E-state index contributed by atoms with van der Waals surface area (Å²) < 4.78 is 5.65. The Kier molecular flexibility index (Phi) is 4.87. The van der Waals surface area contributed by atoms with Gasteiger partial charge in [-0.25, -0.2) is 0 Å². The highest BCUT2D eigenvalue weighted by Crippen LogP contribution is 2.27. The lowest BCUT2D eigenvalue weighted by Crippen LogP contribution is -2.34. The zero-order chi connectivity index (χ0) is 13.0. The Balaban J connectivity index is 2.14. The smallest absolute Gasteiger partial charge is 0.123 e. The summed E-state index contributed by atoms with van der Waals surface area (Å²) in [6.07, 6.45) is 2.42. The van der Waals surface area contributed by atoms with Gasteiger partial charge in [0.1, 0.15) is 5.75 Å². The van der Waals surface area contributed by atoms with Crippen molar-refractivity contribution in [3.8, 4) is 5.75 Å². The molecule has 0 radical (unpaired) electrons. The molecule has 1 aliphatic heterocycles. The molecule has 1 atom stereocenters. The molecule has 1 aromatic rings. The monoisotopic (exact) mass is 268 g/mol. The highest BCUT2D eigenvalue weighted by Gasteiger charge is 2.24. The lowest BCUT2D eigenvalue weighted by Gasteiger charge is -2.24. The van der Waals surface area contributed by atoms with Gasteiger partial charge in [0, 0.05) is 29.7 Å². The molecule has 1 saturated heterocycles. The second kappa shape index (κ2) is 6.41. The second-order valence-corrected chi connectivity index (χ2v) is 5.12. The van der Waals surface area contributed by atoms with E-state index >= 15 is 0 Å². The quantitative estimate of drug-likeness (QED) is 0.892. The highest BCUT2D eigenvalue weighted by atomic mass is 35.5. The van der Waals surface area contributed by atoms with E-state index < -0.39 is 0 Å². The minimum atomic E-state index is 0.499. The SMILES string of the molecule is CCOc1ccc(Cl)cc1CN1CCC[C@H]1CN. The Morgan fingerprint density at radius 1 is 1.50 bits per heavy atom. The van der Waals surface area contributed by atoms with Gasteiger partial charge >= 0.3 is 0 Å². The number of rotatable bonds is 5. The number of hydrogen-bond acceptors (Lipinski definition) is 3. The average molecular weight is 269 g/mol. The first-order valence-electron chi connectivity index (χ1n) is 6.60. The van der Waals surface area contributed by atoms with Gasteiger partial charge in [-0.2, -0.15) is 0 Å². The molecule has 4 heteroatoms. The van der Waals surface area contributed by atoms with Crippen molar-refractivity contribution in [1.82, 2.24) is 4.90 Å². The fraction of sp³-hybridized carbons (Fsp3) is 0.571. The summed E-state index contributed by atoms with van der Waals surface area (Å²) in [7, 11) is 0. The first kappa shape index (κ1) is 13.7. The number of nitrogens with two attached hydrogens (primary N) is 1. The van der Waals surface area contributed by atoms with Crippen LogP contribution < -0.4 is 10.5 Å². The van der Waals surface area contributed by atoms with E-state index in [-0.39, 0.29) is 0 Å². The van der Waals surface area contributed by atoms with Crippen molar-refractivity contribution in [2.24, 2.45) is 5.73 Å². The van der Waals surface area contributed by atoms with Gasteiger partial charge in [-0.3, -0.25) is 4.90 Å². The van der Waals surface area contributed by atoms with Crippen molar-refractivity contribution in [3.63, 3.8) is 0 Å². The summed E-state index contributed by atoms with van der Waals surface area (Å²) in [4.78, 5) is 2.42. The molecular weight excluding hydrogens is 248 g/mol. The van der Waals surface area contributed by atoms with E-state index in [2.05, 4.69) is 4.90 Å². The molecule has 0 saturated carbocycles. The van der Waals surface area contributed by atoms with E-state index in [1.54, 1.807) is 0 Å². The van der Waals surface area contributed by atoms with Crippen LogP contribution in [0, 0.1) is 0 Å². The molecule has 1 aliphatic rings. The average Bonchev–Trinajstić information content (AvgIpc) is 2.80. The maximum Gasteiger partial charge on any atom is 0.123 e. The van der Waals surface area contributed by atoms with Crippen molar-refractivity contribution >= 4 is 11.6 Å². The Bertz CT molecular complexity index is 397. The molecule has 2 N–H and O–H groups in total. The summed E-state index contributed by atoms with van der Waals surface area (Å²) in [5, 5.41) is 0.761. The summed E-state index contributed by atoms with van der Waals surface area (Å²) in [6.45, 7) is 5.38. The van der Waals surface area contributed by atoms with E-state index in [0.29, 0.717) is 12.6 Å². The first-order chi connectivity index (χ1) is 8.74. The van der Waals surface area contributed by atoms with E-state index in [4.69, 9.17) is 22.1 Å². The normalized spacial score (nSPS) is 20.3. The minimum absolute atomic E-state index is 0.499. The van der Waals surface area contributed by atoms with Crippen LogP contribution in [0.2, 0.25) is 5.02 Å². The molecule has 1 aromatic carbocycles. The third-order valence-corrected chi connectivity index (χ3v) is 3.70. The zero-order valence-corrected chi connectivity index (χ0v) is 11.6. The second-order valence-electron chi connectivity index (χ2n) is 4.69. The standard InChI is InChI=1S/C14H21ClN2O/c1-2-18-14-6-5-12(15)8-11(14)10-17-7-3-4-13(17)9-16/h5-6,8,13H,2-4,7,9-10,16H2,1H3/t13-/m0/s1. The molecule has 1 heterocycles. The maximum atomic E-state index is 6.07. The zero-order valence-electron chi connectivity index (χ0n) is 10.9. The fourth-order valence-electron chi connectivity index (χ4n) is 2.56. The molecule has 1 fully saturated rings. The number of likely N-dealkylation sites (tertiary alicyclic amines) is 1. The lowest BCUT2D eigenvalue weighted by atomic mass is 10.1. The van der Waals surface area contributed by atoms with Gasteiger partial charge in [-0.15, -0.1) is 0 Å². The summed E-state index contributed by atoms with van der Waals surface area (Å²) in [6, 6.07) is 6.33. The Labute approximate surface area is 114 Å². The Morgan fingerprint density at radius 2 is 2.33 bits per heavy atom. The molecule has 0 aromatic heterocycles. The summed E-state index contributed by atoms with van der Waals surface area (Å²) in [5.74, 6) is 0.935. The predicted molar refractivity (Wildman–Crippen MR) is 75.1 cm³/mol. The van der Waals surface area contributed by atoms with E-state index in [9.17, 15) is 0 Å². The van der Waals surface area contributed by atoms with Crippen LogP contribution in [0.3, 0.4) is 0 Å². The summed E-state index contributed by atoms with van der Waals surface area (Å²) >= 11 is 6.07. The van der Waals surface area contributed by atoms with E-state index in [0.717, 1.165) is 36.0 Å². The van der Waals surface area contributed by atoms with Crippen molar-refractivity contribution in [2.45, 2.75) is 32.4 Å². The molecular formula is C14H21ClN2O. The molecule has 0 aliphatic carbocycles. The predicted octanol–water partition coefficient (Wildman–Crippen LogP) is 2.66. The topological polar surface area (TPSA) is 38.5 Å². The Morgan fingerprint density at radius 3 is 3.06 bits per heavy atom. The van der Waals surface area contributed by atoms with Gasteiger partial charge in [0.05, 0.1) is 6.61 Å². The van der Waals surface area contributed by atoms with E-state index in [1.807, 2.05) is 25.1 Å². The van der Waals surface area contributed by atoms with Crippen molar-refractivity contribution in [2.75, 3.05) is 19.7 Å². The van der Waals surface area contributed by atoms with Crippen LogP contribution in [0.25, 0.3) is 0 Å². The molecule has 3 nitrogen and oxygen atoms in total. The number of benzene rings is 1. The molecule has 0 amide bonds. The van der Waals surface area contributed by atoms with Gasteiger partial charge in [-0.05, 0) is 44.5 Å². The highest BCUT2D eigenvalue weighted by molar-refractivity contribution is 6.30. The number of hydrogen-bond donors (Lipinski definition) is 1. The van der Waals surface area contributed by atoms with E-state index in [1.165, 1.54) is 12.8 Å². The number of ether oxygens (including phenoxy) is 1. The van der Waals surface area contributed by atoms with Gasteiger partial charge in [0.15, 0.2) is 0 Å². The molecule has 0 spiro atoms. The molecule has 0 unspecified atom stereocenters. The molecule has 2 rings (SSSR count). The van der Waals surface area contributed by atoms with Crippen LogP contribution in [-0.2, 0) is 6.54 Å². The van der Waals surface area contributed by atoms with Crippen molar-refractivity contribution < 1.29 is 4.74 Å². The van der Waals surface area contributed by atoms with Crippen LogP contribution in [0.4, 0.5) is 0 Å². The minimum Gasteiger partial charge on any atom is -0.494 e. The van der Waals surface area contributed by atoms with Crippen LogP contribution in [0.5, 0.6) is 5.75 Å². The first-order valence-corrected chi connectivity index (χ1v) is 6.97.